The van der Waals surface area contributed by atoms with Gasteiger partial charge in [0.25, 0.3) is 0 Å². The molecule has 0 saturated carbocycles. The molecule has 0 radical (unpaired) electrons. The van der Waals surface area contributed by atoms with Gasteiger partial charge in [-0.25, -0.2) is 4.79 Å². The summed E-state index contributed by atoms with van der Waals surface area (Å²) in [5, 5.41) is 0.974. The molecule has 0 saturated heterocycles. The minimum atomic E-state index is -0.316. The van der Waals surface area contributed by atoms with E-state index < -0.39 is 0 Å². The van der Waals surface area contributed by atoms with Gasteiger partial charge in [-0.3, -0.25) is 0 Å². The summed E-state index contributed by atoms with van der Waals surface area (Å²) in [6.45, 7) is 2.56. The molecule has 25 heavy (non-hydrogen) atoms. The molecule has 4 heteroatoms. The number of benzene rings is 2. The molecule has 0 spiro atoms. The number of rotatable bonds is 7. The third kappa shape index (κ3) is 4.21. The van der Waals surface area contributed by atoms with Crippen molar-refractivity contribution < 1.29 is 13.9 Å². The summed E-state index contributed by atoms with van der Waals surface area (Å²) in [6.07, 6.45) is 3.01. The van der Waals surface area contributed by atoms with Gasteiger partial charge in [-0.1, -0.05) is 25.5 Å². The molecule has 0 aliphatic rings. The van der Waals surface area contributed by atoms with Crippen LogP contribution in [0.5, 0.6) is 11.5 Å². The Hall–Kier alpha value is -2.75. The Morgan fingerprint density at radius 3 is 2.72 bits per heavy atom. The smallest absolute Gasteiger partial charge is 0.336 e. The number of unbranched alkanes of at least 4 members (excludes halogenated alkanes) is 1. The number of ether oxygens (including phenoxy) is 2. The third-order valence-corrected chi connectivity index (χ3v) is 4.14. The lowest BCUT2D eigenvalue weighted by Crippen LogP contribution is -2.01. The van der Waals surface area contributed by atoms with E-state index in [0.717, 1.165) is 41.5 Å². The van der Waals surface area contributed by atoms with Crippen molar-refractivity contribution >= 4 is 11.0 Å². The molecule has 130 valence electrons. The van der Waals surface area contributed by atoms with E-state index in [1.165, 1.54) is 0 Å². The van der Waals surface area contributed by atoms with Crippen LogP contribution < -0.4 is 15.1 Å². The van der Waals surface area contributed by atoms with Gasteiger partial charge in [0.1, 0.15) is 23.7 Å². The van der Waals surface area contributed by atoms with Gasteiger partial charge in [0.05, 0.1) is 7.11 Å². The fourth-order valence-electron chi connectivity index (χ4n) is 2.80. The Balaban J connectivity index is 1.82. The lowest BCUT2D eigenvalue weighted by molar-refractivity contribution is 0.305. The van der Waals surface area contributed by atoms with Crippen LogP contribution in [0.25, 0.3) is 11.0 Å². The number of aryl methyl sites for hydroxylation is 1. The van der Waals surface area contributed by atoms with E-state index in [1.807, 2.05) is 36.4 Å². The van der Waals surface area contributed by atoms with Gasteiger partial charge in [0, 0.05) is 17.5 Å². The van der Waals surface area contributed by atoms with Crippen molar-refractivity contribution in [1.82, 2.24) is 0 Å². The van der Waals surface area contributed by atoms with Gasteiger partial charge in [-0.2, -0.15) is 0 Å². The van der Waals surface area contributed by atoms with Crippen LogP contribution >= 0.6 is 0 Å². The summed E-state index contributed by atoms with van der Waals surface area (Å²) in [5.41, 5.74) is 2.30. The molecule has 1 heterocycles. The van der Waals surface area contributed by atoms with Crippen LogP contribution in [0.3, 0.4) is 0 Å². The summed E-state index contributed by atoms with van der Waals surface area (Å²) in [4.78, 5) is 11.8. The molecule has 0 fully saturated rings. The first-order valence-corrected chi connectivity index (χ1v) is 8.52. The van der Waals surface area contributed by atoms with Crippen molar-refractivity contribution in [2.24, 2.45) is 0 Å². The summed E-state index contributed by atoms with van der Waals surface area (Å²) >= 11 is 0. The molecule has 2 aromatic carbocycles. The molecule has 4 nitrogen and oxygen atoms in total. The maximum atomic E-state index is 11.8. The Morgan fingerprint density at radius 2 is 1.92 bits per heavy atom. The Morgan fingerprint density at radius 1 is 1.04 bits per heavy atom. The molecule has 0 bridgehead atoms. The van der Waals surface area contributed by atoms with Crippen LogP contribution in [0.1, 0.15) is 30.9 Å². The fourth-order valence-corrected chi connectivity index (χ4v) is 2.80. The molecular formula is C21H22O4. The first kappa shape index (κ1) is 17.1. The topological polar surface area (TPSA) is 48.7 Å². The lowest BCUT2D eigenvalue weighted by Gasteiger charge is -2.09. The van der Waals surface area contributed by atoms with Gasteiger partial charge >= 0.3 is 5.63 Å². The van der Waals surface area contributed by atoms with E-state index in [9.17, 15) is 4.79 Å². The standard InChI is InChI=1S/C21H22O4/c1-3-4-7-16-12-21(22)25-20-13-18(9-10-19(16)20)24-14-15-6-5-8-17(11-15)23-2/h5-6,8-13H,3-4,7,14H2,1-2H3. The first-order valence-electron chi connectivity index (χ1n) is 8.52. The Bertz CT molecular complexity index is 911. The highest BCUT2D eigenvalue weighted by molar-refractivity contribution is 5.81. The molecule has 0 amide bonds. The van der Waals surface area contributed by atoms with Gasteiger partial charge in [-0.15, -0.1) is 0 Å². The monoisotopic (exact) mass is 338 g/mol. The van der Waals surface area contributed by atoms with Crippen LogP contribution in [-0.2, 0) is 13.0 Å². The molecular weight excluding hydrogens is 316 g/mol. The van der Waals surface area contributed by atoms with Crippen LogP contribution in [0.2, 0.25) is 0 Å². The lowest BCUT2D eigenvalue weighted by atomic mass is 10.0. The highest BCUT2D eigenvalue weighted by Crippen LogP contribution is 2.24. The Labute approximate surface area is 147 Å². The van der Waals surface area contributed by atoms with Crippen LogP contribution in [-0.4, -0.2) is 7.11 Å². The second-order valence-electron chi connectivity index (χ2n) is 5.99. The second kappa shape index (κ2) is 7.88. The van der Waals surface area contributed by atoms with Crippen molar-refractivity contribution in [2.45, 2.75) is 32.8 Å². The van der Waals surface area contributed by atoms with E-state index in [-0.39, 0.29) is 5.63 Å². The van der Waals surface area contributed by atoms with Crippen molar-refractivity contribution in [1.29, 1.82) is 0 Å². The summed E-state index contributed by atoms with van der Waals surface area (Å²) in [7, 11) is 1.64. The van der Waals surface area contributed by atoms with Crippen LogP contribution in [0, 0.1) is 0 Å². The quantitative estimate of drug-likeness (QED) is 0.585. The number of hydrogen-bond acceptors (Lipinski definition) is 4. The van der Waals surface area contributed by atoms with Gasteiger partial charge in [-0.05, 0) is 48.2 Å². The van der Waals surface area contributed by atoms with E-state index in [1.54, 1.807) is 19.2 Å². The maximum absolute atomic E-state index is 11.8. The molecule has 0 unspecified atom stereocenters. The van der Waals surface area contributed by atoms with Crippen LogP contribution in [0.15, 0.2) is 57.7 Å². The summed E-state index contributed by atoms with van der Waals surface area (Å²) in [5.74, 6) is 1.47. The van der Waals surface area contributed by atoms with Crippen molar-refractivity contribution in [3.63, 3.8) is 0 Å². The minimum Gasteiger partial charge on any atom is -0.497 e. The Kier molecular flexibility index (Phi) is 5.39. The molecule has 0 atom stereocenters. The SMILES string of the molecule is CCCCc1cc(=O)oc2cc(OCc3cccc(OC)c3)ccc12. The summed E-state index contributed by atoms with van der Waals surface area (Å²) in [6, 6.07) is 15.0. The third-order valence-electron chi connectivity index (χ3n) is 4.14. The zero-order valence-electron chi connectivity index (χ0n) is 14.6. The van der Waals surface area contributed by atoms with Gasteiger partial charge in [0.15, 0.2) is 0 Å². The zero-order chi connectivity index (χ0) is 17.6. The number of methoxy groups -OCH3 is 1. The van der Waals surface area contributed by atoms with Crippen molar-refractivity contribution in [3.8, 4) is 11.5 Å². The fraction of sp³-hybridized carbons (Fsp3) is 0.286. The van der Waals surface area contributed by atoms with E-state index in [0.29, 0.717) is 17.9 Å². The molecule has 1 aromatic heterocycles. The van der Waals surface area contributed by atoms with E-state index in [4.69, 9.17) is 13.9 Å². The average molecular weight is 338 g/mol. The largest absolute Gasteiger partial charge is 0.497 e. The van der Waals surface area contributed by atoms with Crippen LogP contribution in [0.4, 0.5) is 0 Å². The molecule has 0 N–H and O–H groups in total. The minimum absolute atomic E-state index is 0.316. The highest BCUT2D eigenvalue weighted by atomic mass is 16.5. The predicted molar refractivity (Wildman–Crippen MR) is 98.4 cm³/mol. The van der Waals surface area contributed by atoms with Crippen molar-refractivity contribution in [3.05, 3.63) is 70.1 Å². The van der Waals surface area contributed by atoms with Gasteiger partial charge < -0.3 is 13.9 Å². The number of hydrogen-bond donors (Lipinski definition) is 0. The average Bonchev–Trinajstić information content (AvgIpc) is 2.64. The molecule has 0 aliphatic carbocycles. The molecule has 3 rings (SSSR count). The van der Waals surface area contributed by atoms with Gasteiger partial charge in [0.2, 0.25) is 0 Å². The summed E-state index contributed by atoms with van der Waals surface area (Å²) < 4.78 is 16.4. The normalized spacial score (nSPS) is 10.8. The maximum Gasteiger partial charge on any atom is 0.336 e. The first-order chi connectivity index (χ1) is 12.2. The second-order valence-corrected chi connectivity index (χ2v) is 5.99. The zero-order valence-corrected chi connectivity index (χ0v) is 14.6. The van der Waals surface area contributed by atoms with Crippen molar-refractivity contribution in [2.75, 3.05) is 7.11 Å². The number of fused-ring (bicyclic) bond motifs is 1. The molecule has 3 aromatic rings. The highest BCUT2D eigenvalue weighted by Gasteiger charge is 2.07. The van der Waals surface area contributed by atoms with E-state index in [2.05, 4.69) is 6.92 Å². The van der Waals surface area contributed by atoms with E-state index >= 15 is 0 Å². The molecule has 0 aliphatic heterocycles. The predicted octanol–water partition coefficient (Wildman–Crippen LogP) is 4.72.